The fraction of sp³-hybridized carbons (Fsp3) is 0.538. The molecule has 2 N–H and O–H groups in total. The molecule has 0 spiro atoms. The predicted octanol–water partition coefficient (Wildman–Crippen LogP) is 2.46. The number of hydrogen-bond acceptors (Lipinski definition) is 3. The van der Waals surface area contributed by atoms with E-state index in [9.17, 15) is 4.79 Å². The summed E-state index contributed by atoms with van der Waals surface area (Å²) in [5.74, 6) is 0.142. The van der Waals surface area contributed by atoms with Crippen molar-refractivity contribution in [2.75, 3.05) is 6.61 Å². The van der Waals surface area contributed by atoms with Gasteiger partial charge in [0.05, 0.1) is 17.9 Å². The normalized spacial score (nSPS) is 11.3. The Morgan fingerprint density at radius 3 is 2.56 bits per heavy atom. The van der Waals surface area contributed by atoms with Gasteiger partial charge in [-0.25, -0.2) is 4.98 Å². The Kier molecular flexibility index (Phi) is 4.90. The van der Waals surface area contributed by atoms with Crippen LogP contribution in [0.4, 0.5) is 0 Å². The van der Waals surface area contributed by atoms with Crippen LogP contribution >= 0.6 is 0 Å². The predicted molar refractivity (Wildman–Crippen MR) is 75.8 cm³/mol. The molecular formula is C13H22N2O2Si. The van der Waals surface area contributed by atoms with Gasteiger partial charge in [0.15, 0.2) is 0 Å². The first kappa shape index (κ1) is 14.7. The maximum absolute atomic E-state index is 11.2. The van der Waals surface area contributed by atoms with Gasteiger partial charge in [-0.3, -0.25) is 4.79 Å². The van der Waals surface area contributed by atoms with Gasteiger partial charge in [-0.1, -0.05) is 26.6 Å². The van der Waals surface area contributed by atoms with Gasteiger partial charge in [0.1, 0.15) is 0 Å². The lowest BCUT2D eigenvalue weighted by Crippen LogP contribution is -2.22. The Balaban J connectivity index is 2.71. The van der Waals surface area contributed by atoms with Crippen molar-refractivity contribution in [2.45, 2.75) is 39.0 Å². The van der Waals surface area contributed by atoms with Crippen molar-refractivity contribution in [1.82, 2.24) is 4.98 Å². The Labute approximate surface area is 110 Å². The summed E-state index contributed by atoms with van der Waals surface area (Å²) in [4.78, 5) is 15.5. The Morgan fingerprint density at radius 2 is 2.06 bits per heavy atom. The van der Waals surface area contributed by atoms with Crippen LogP contribution in [-0.2, 0) is 6.42 Å². The van der Waals surface area contributed by atoms with Gasteiger partial charge >= 0.3 is 0 Å². The number of nitrogens with zero attached hydrogens (tertiary/aromatic N) is 1. The highest BCUT2D eigenvalue weighted by Gasteiger charge is 2.14. The van der Waals surface area contributed by atoms with E-state index in [1.165, 1.54) is 0 Å². The number of hydrogen-bond donors (Lipinski definition) is 1. The zero-order valence-corrected chi connectivity index (χ0v) is 12.6. The molecule has 1 amide bonds. The van der Waals surface area contributed by atoms with Gasteiger partial charge in [0.25, 0.3) is 5.91 Å². The lowest BCUT2D eigenvalue weighted by Gasteiger charge is -2.16. The number of aryl methyl sites for hydroxylation is 1. The van der Waals surface area contributed by atoms with Gasteiger partial charge in [0.2, 0.25) is 5.88 Å². The van der Waals surface area contributed by atoms with Crippen LogP contribution in [0.2, 0.25) is 25.7 Å². The van der Waals surface area contributed by atoms with E-state index < -0.39 is 14.0 Å². The summed E-state index contributed by atoms with van der Waals surface area (Å²) in [5, 5.41) is 0. The largest absolute Gasteiger partial charge is 0.478 e. The van der Waals surface area contributed by atoms with Gasteiger partial charge in [-0.05, 0) is 18.5 Å². The van der Waals surface area contributed by atoms with Crippen LogP contribution < -0.4 is 10.5 Å². The van der Waals surface area contributed by atoms with E-state index >= 15 is 0 Å². The molecule has 0 atom stereocenters. The summed E-state index contributed by atoms with van der Waals surface area (Å²) in [6.07, 6.45) is 0.670. The first-order valence-corrected chi connectivity index (χ1v) is 9.96. The van der Waals surface area contributed by atoms with E-state index in [4.69, 9.17) is 10.5 Å². The molecule has 0 aromatic carbocycles. The molecule has 100 valence electrons. The number of carbonyl (C=O) groups excluding carboxylic acids is 1. The number of primary amides is 1. The molecule has 1 aromatic heterocycles. The fourth-order valence-electron chi connectivity index (χ4n) is 1.52. The van der Waals surface area contributed by atoms with E-state index in [0.29, 0.717) is 30.2 Å². The molecule has 0 fully saturated rings. The van der Waals surface area contributed by atoms with Gasteiger partial charge < -0.3 is 10.5 Å². The van der Waals surface area contributed by atoms with E-state index in [1.54, 1.807) is 12.1 Å². The van der Waals surface area contributed by atoms with Crippen molar-refractivity contribution in [3.63, 3.8) is 0 Å². The van der Waals surface area contributed by atoms with Crippen LogP contribution in [0.3, 0.4) is 0 Å². The number of rotatable bonds is 6. The standard InChI is InChI=1S/C13H22N2O2Si/c1-5-11-10(13(14)16)6-7-12(15-11)17-8-9-18(2,3)4/h6-7H,5,8-9H2,1-4H3,(H2,14,16). The van der Waals surface area contributed by atoms with Crippen LogP contribution in [0.1, 0.15) is 23.0 Å². The minimum atomic E-state index is -1.09. The van der Waals surface area contributed by atoms with E-state index in [1.807, 2.05) is 6.92 Å². The van der Waals surface area contributed by atoms with Crippen molar-refractivity contribution < 1.29 is 9.53 Å². The lowest BCUT2D eigenvalue weighted by atomic mass is 10.1. The summed E-state index contributed by atoms with van der Waals surface area (Å²) < 4.78 is 5.63. The van der Waals surface area contributed by atoms with Crippen molar-refractivity contribution >= 4 is 14.0 Å². The summed E-state index contributed by atoms with van der Waals surface area (Å²) in [7, 11) is -1.09. The fourth-order valence-corrected chi connectivity index (χ4v) is 2.23. The van der Waals surface area contributed by atoms with Gasteiger partial charge in [-0.15, -0.1) is 0 Å². The van der Waals surface area contributed by atoms with Crippen molar-refractivity contribution in [3.8, 4) is 5.88 Å². The number of pyridine rings is 1. The highest BCUT2D eigenvalue weighted by molar-refractivity contribution is 6.76. The van der Waals surface area contributed by atoms with Crippen molar-refractivity contribution in [2.24, 2.45) is 5.73 Å². The van der Waals surface area contributed by atoms with Gasteiger partial charge in [-0.2, -0.15) is 0 Å². The average molecular weight is 266 g/mol. The van der Waals surface area contributed by atoms with Crippen LogP contribution in [0, 0.1) is 0 Å². The summed E-state index contributed by atoms with van der Waals surface area (Å²) >= 11 is 0. The van der Waals surface area contributed by atoms with Crippen LogP contribution in [-0.4, -0.2) is 25.6 Å². The molecule has 0 saturated carbocycles. The molecule has 1 rings (SSSR count). The number of aromatic nitrogens is 1. The molecule has 0 aliphatic carbocycles. The Hall–Kier alpha value is -1.36. The molecular weight excluding hydrogens is 244 g/mol. The number of nitrogens with two attached hydrogens (primary N) is 1. The summed E-state index contributed by atoms with van der Waals surface area (Å²) in [6.45, 7) is 9.54. The number of ether oxygens (including phenoxy) is 1. The van der Waals surface area contributed by atoms with Crippen LogP contribution in [0.5, 0.6) is 5.88 Å². The molecule has 0 aliphatic heterocycles. The van der Waals surface area contributed by atoms with Crippen LogP contribution in [0.25, 0.3) is 0 Å². The summed E-state index contributed by atoms with van der Waals surface area (Å²) in [6, 6.07) is 4.50. The average Bonchev–Trinajstić information content (AvgIpc) is 2.26. The highest BCUT2D eigenvalue weighted by atomic mass is 28.3. The molecule has 0 unspecified atom stereocenters. The zero-order valence-electron chi connectivity index (χ0n) is 11.6. The Bertz CT molecular complexity index is 427. The molecule has 5 heteroatoms. The topological polar surface area (TPSA) is 65.2 Å². The maximum atomic E-state index is 11.2. The number of carbonyl (C=O) groups is 1. The second-order valence-corrected chi connectivity index (χ2v) is 11.1. The molecule has 1 heterocycles. The lowest BCUT2D eigenvalue weighted by molar-refractivity contribution is 0.0999. The molecule has 0 aliphatic rings. The van der Waals surface area contributed by atoms with Crippen molar-refractivity contribution in [1.29, 1.82) is 0 Å². The molecule has 1 aromatic rings. The van der Waals surface area contributed by atoms with Crippen LogP contribution in [0.15, 0.2) is 12.1 Å². The molecule has 18 heavy (non-hydrogen) atoms. The first-order valence-electron chi connectivity index (χ1n) is 6.26. The quantitative estimate of drug-likeness (QED) is 0.804. The maximum Gasteiger partial charge on any atom is 0.250 e. The third kappa shape index (κ3) is 4.48. The monoisotopic (exact) mass is 266 g/mol. The second-order valence-electron chi connectivity index (χ2n) is 5.52. The highest BCUT2D eigenvalue weighted by Crippen LogP contribution is 2.15. The van der Waals surface area contributed by atoms with E-state index in [0.717, 1.165) is 6.04 Å². The van der Waals surface area contributed by atoms with E-state index in [-0.39, 0.29) is 0 Å². The summed E-state index contributed by atoms with van der Waals surface area (Å²) in [5.41, 5.74) is 6.47. The third-order valence-electron chi connectivity index (χ3n) is 2.65. The zero-order chi connectivity index (χ0) is 13.8. The smallest absolute Gasteiger partial charge is 0.250 e. The Morgan fingerprint density at radius 1 is 1.39 bits per heavy atom. The van der Waals surface area contributed by atoms with E-state index in [2.05, 4.69) is 24.6 Å². The molecule has 0 saturated heterocycles. The first-order chi connectivity index (χ1) is 8.33. The minimum absolute atomic E-state index is 0.437. The third-order valence-corrected chi connectivity index (χ3v) is 4.36. The van der Waals surface area contributed by atoms with Gasteiger partial charge in [0, 0.05) is 14.1 Å². The SMILES string of the molecule is CCc1nc(OCC[Si](C)(C)C)ccc1C(N)=O. The molecule has 4 nitrogen and oxygen atoms in total. The van der Waals surface area contributed by atoms with Crippen molar-refractivity contribution in [3.05, 3.63) is 23.4 Å². The molecule has 0 radical (unpaired) electrons. The number of amides is 1. The second kappa shape index (κ2) is 6.00. The minimum Gasteiger partial charge on any atom is -0.478 e. The molecule has 0 bridgehead atoms.